The van der Waals surface area contributed by atoms with Gasteiger partial charge in [0.25, 0.3) is 0 Å². The van der Waals surface area contributed by atoms with E-state index in [1.807, 2.05) is 47.4 Å². The zero-order valence-electron chi connectivity index (χ0n) is 19.5. The molecule has 0 fully saturated rings. The van der Waals surface area contributed by atoms with Crippen molar-refractivity contribution in [2.75, 3.05) is 4.90 Å². The molecule has 5 rings (SSSR count). The van der Waals surface area contributed by atoms with Crippen LogP contribution in [0.3, 0.4) is 0 Å². The Morgan fingerprint density at radius 2 is 1.49 bits per heavy atom. The molecular weight excluding hydrogens is 503 g/mol. The smallest absolute Gasteiger partial charge is 0.406 e. The molecule has 0 saturated carbocycles. The fraction of sp³-hybridized carbons (Fsp3) is 0.185. The van der Waals surface area contributed by atoms with E-state index in [2.05, 4.69) is 21.6 Å². The zero-order chi connectivity index (χ0) is 26.2. The van der Waals surface area contributed by atoms with Gasteiger partial charge in [-0.05, 0) is 66.8 Å². The number of alkyl halides is 3. The van der Waals surface area contributed by atoms with Crippen molar-refractivity contribution in [2.45, 2.75) is 36.6 Å². The topological polar surface area (TPSA) is 85.7 Å². The second-order valence-electron chi connectivity index (χ2n) is 8.70. The molecule has 2 atom stereocenters. The number of aliphatic hydroxyl groups is 1. The van der Waals surface area contributed by atoms with Gasteiger partial charge in [0.1, 0.15) is 11.9 Å². The summed E-state index contributed by atoms with van der Waals surface area (Å²) in [5.41, 5.74) is 4.88. The lowest BCUT2D eigenvalue weighted by Gasteiger charge is -2.34. The summed E-state index contributed by atoms with van der Waals surface area (Å²) in [5.74, 6) is -0.480. The molecule has 0 bridgehead atoms. The lowest BCUT2D eigenvalue weighted by Crippen LogP contribution is -2.36. The van der Waals surface area contributed by atoms with E-state index >= 15 is 0 Å². The van der Waals surface area contributed by atoms with E-state index in [9.17, 15) is 22.5 Å². The summed E-state index contributed by atoms with van der Waals surface area (Å²) in [6.07, 6.45) is -0.434. The van der Waals surface area contributed by atoms with Crippen molar-refractivity contribution < 1.29 is 27.2 Å². The number of allylic oxidation sites excluding steroid dienone is 2. The maximum absolute atomic E-state index is 13.2. The second-order valence-corrected chi connectivity index (χ2v) is 10.5. The molecule has 0 radical (unpaired) electrons. The molecule has 3 aromatic carbocycles. The van der Waals surface area contributed by atoms with Crippen LogP contribution in [0.5, 0.6) is 5.75 Å². The standard InChI is InChI=1S/C27H24F3N3O3S/c28-27(29,30)36-20-14-16-21(17-15-20)37(31,35)32-22-8-5-11-25(26(22)34)33-23-9-3-1-6-18(23)12-13-19-7-2-4-10-24(19)33/h1-4,6-11,14-17,26,34H,5,12-13H2,(H2,31,32,35)/t26-,37?/m1/s1. The van der Waals surface area contributed by atoms with E-state index in [1.54, 1.807) is 6.08 Å². The molecule has 192 valence electrons. The predicted molar refractivity (Wildman–Crippen MR) is 135 cm³/mol. The number of hydrogen-bond donors (Lipinski definition) is 3. The molecule has 0 aromatic heterocycles. The fourth-order valence-electron chi connectivity index (χ4n) is 4.62. The lowest BCUT2D eigenvalue weighted by molar-refractivity contribution is -0.274. The van der Waals surface area contributed by atoms with Gasteiger partial charge in [0.2, 0.25) is 0 Å². The summed E-state index contributed by atoms with van der Waals surface area (Å²) >= 11 is 0. The third kappa shape index (κ3) is 5.21. The summed E-state index contributed by atoms with van der Waals surface area (Å²) < 4.78 is 65.5. The van der Waals surface area contributed by atoms with Crippen LogP contribution in [0, 0.1) is 4.78 Å². The van der Waals surface area contributed by atoms with Crippen LogP contribution in [0.15, 0.2) is 101 Å². The lowest BCUT2D eigenvalue weighted by atomic mass is 10.0. The van der Waals surface area contributed by atoms with Gasteiger partial charge in [0.05, 0.1) is 16.3 Å². The first-order chi connectivity index (χ1) is 17.6. The Bertz CT molecular complexity index is 1430. The van der Waals surface area contributed by atoms with Crippen molar-refractivity contribution in [2.24, 2.45) is 0 Å². The van der Waals surface area contributed by atoms with Crippen molar-refractivity contribution in [1.29, 1.82) is 4.78 Å². The molecule has 2 aliphatic rings. The number of ether oxygens (including phenoxy) is 1. The molecule has 0 saturated heterocycles. The van der Waals surface area contributed by atoms with Crippen LogP contribution in [-0.4, -0.2) is 21.8 Å². The molecule has 10 heteroatoms. The van der Waals surface area contributed by atoms with Crippen molar-refractivity contribution in [3.8, 4) is 5.75 Å². The summed E-state index contributed by atoms with van der Waals surface area (Å²) in [6, 6.07) is 20.2. The van der Waals surface area contributed by atoms with Crippen LogP contribution in [0.25, 0.3) is 0 Å². The van der Waals surface area contributed by atoms with E-state index in [1.165, 1.54) is 0 Å². The Morgan fingerprint density at radius 3 is 2.05 bits per heavy atom. The number of aryl methyl sites for hydroxylation is 2. The van der Waals surface area contributed by atoms with Crippen molar-refractivity contribution in [1.82, 2.24) is 4.72 Å². The Balaban J connectivity index is 1.43. The number of anilines is 2. The van der Waals surface area contributed by atoms with Crippen LogP contribution in [-0.2, 0) is 22.8 Å². The van der Waals surface area contributed by atoms with Crippen LogP contribution in [0.4, 0.5) is 24.5 Å². The molecular formula is C27H24F3N3O3S. The SMILES string of the molecule is N=S(=O)(NC1=CCC=C(N2c3ccccc3CCc3ccccc32)[C@@H]1O)c1ccc(OC(F)(F)F)cc1. The molecule has 1 aliphatic heterocycles. The number of halogens is 3. The number of rotatable bonds is 5. The van der Waals surface area contributed by atoms with Gasteiger partial charge >= 0.3 is 6.36 Å². The molecule has 3 N–H and O–H groups in total. The first-order valence-electron chi connectivity index (χ1n) is 11.6. The third-order valence-electron chi connectivity index (χ3n) is 6.28. The minimum Gasteiger partial charge on any atom is -0.406 e. The average Bonchev–Trinajstić information content (AvgIpc) is 3.02. The molecule has 0 amide bonds. The predicted octanol–water partition coefficient (Wildman–Crippen LogP) is 5.96. The average molecular weight is 528 g/mol. The van der Waals surface area contributed by atoms with Crippen LogP contribution < -0.4 is 14.4 Å². The van der Waals surface area contributed by atoms with Crippen molar-refractivity contribution >= 4 is 21.3 Å². The van der Waals surface area contributed by atoms with Crippen molar-refractivity contribution in [3.05, 3.63) is 107 Å². The maximum Gasteiger partial charge on any atom is 0.573 e. The Labute approximate surface area is 212 Å². The van der Waals surface area contributed by atoms with Gasteiger partial charge in [-0.2, -0.15) is 0 Å². The van der Waals surface area contributed by atoms with E-state index in [-0.39, 0.29) is 10.6 Å². The summed E-state index contributed by atoms with van der Waals surface area (Å²) in [5, 5.41) is 11.4. The number of aliphatic hydroxyl groups excluding tert-OH is 1. The molecule has 1 aliphatic carbocycles. The quantitative estimate of drug-likeness (QED) is 0.382. The van der Waals surface area contributed by atoms with Gasteiger partial charge in [-0.15, -0.1) is 13.2 Å². The molecule has 1 heterocycles. The van der Waals surface area contributed by atoms with Gasteiger partial charge in [-0.25, -0.2) is 8.99 Å². The van der Waals surface area contributed by atoms with Gasteiger partial charge in [-0.1, -0.05) is 48.6 Å². The molecule has 6 nitrogen and oxygen atoms in total. The summed E-state index contributed by atoms with van der Waals surface area (Å²) in [7, 11) is -3.70. The number of para-hydroxylation sites is 2. The minimum absolute atomic E-state index is 0.0447. The molecule has 3 aromatic rings. The fourth-order valence-corrected chi connectivity index (χ4v) is 5.78. The number of fused-ring (bicyclic) bond motifs is 2. The molecule has 0 spiro atoms. The summed E-state index contributed by atoms with van der Waals surface area (Å²) in [6.45, 7) is 0. The maximum atomic E-state index is 13.2. The highest BCUT2D eigenvalue weighted by atomic mass is 32.2. The van der Waals surface area contributed by atoms with Gasteiger partial charge in [0, 0.05) is 11.4 Å². The number of benzene rings is 3. The second kappa shape index (κ2) is 9.60. The summed E-state index contributed by atoms with van der Waals surface area (Å²) in [4.78, 5) is 1.96. The normalized spacial score (nSPS) is 18.9. The third-order valence-corrected chi connectivity index (χ3v) is 7.74. The van der Waals surface area contributed by atoms with E-state index in [4.69, 9.17) is 4.78 Å². The highest BCUT2D eigenvalue weighted by Crippen LogP contribution is 2.41. The number of nitrogens with zero attached hydrogens (tertiary/aromatic N) is 1. The largest absolute Gasteiger partial charge is 0.573 e. The van der Waals surface area contributed by atoms with Crippen molar-refractivity contribution in [3.63, 3.8) is 0 Å². The highest BCUT2D eigenvalue weighted by molar-refractivity contribution is 7.90. The van der Waals surface area contributed by atoms with Crippen LogP contribution in [0.1, 0.15) is 17.5 Å². The first-order valence-corrected chi connectivity index (χ1v) is 13.1. The monoisotopic (exact) mass is 527 g/mol. The molecule has 1 unspecified atom stereocenters. The Morgan fingerprint density at radius 1 is 0.919 bits per heavy atom. The van der Waals surface area contributed by atoms with Gasteiger partial charge in [0.15, 0.2) is 9.92 Å². The first kappa shape index (κ1) is 24.9. The molecule has 37 heavy (non-hydrogen) atoms. The number of nitrogens with one attached hydrogen (secondary N) is 2. The number of hydrogen-bond acceptors (Lipinski definition) is 5. The van der Waals surface area contributed by atoms with Gasteiger partial charge in [-0.3, -0.25) is 4.72 Å². The Hall–Kier alpha value is -3.76. The van der Waals surface area contributed by atoms with E-state index in [0.717, 1.165) is 59.6 Å². The van der Waals surface area contributed by atoms with Crippen LogP contribution in [0.2, 0.25) is 0 Å². The highest BCUT2D eigenvalue weighted by Gasteiger charge is 2.32. The Kier molecular flexibility index (Phi) is 6.47. The minimum atomic E-state index is -4.85. The van der Waals surface area contributed by atoms with E-state index < -0.39 is 28.1 Å². The van der Waals surface area contributed by atoms with Crippen LogP contribution >= 0.6 is 0 Å². The van der Waals surface area contributed by atoms with E-state index in [0.29, 0.717) is 12.1 Å². The zero-order valence-corrected chi connectivity index (χ0v) is 20.4. The van der Waals surface area contributed by atoms with Gasteiger partial charge < -0.3 is 14.7 Å².